The van der Waals surface area contributed by atoms with Crippen molar-refractivity contribution in [3.63, 3.8) is 0 Å². The fraction of sp³-hybridized carbons (Fsp3) is 0.231. The van der Waals surface area contributed by atoms with Gasteiger partial charge in [0.25, 0.3) is 0 Å². The molecular formula is C52H53N. The highest BCUT2D eigenvalue weighted by atomic mass is 15.1. The summed E-state index contributed by atoms with van der Waals surface area (Å²) in [5, 5.41) is 2.49. The summed E-state index contributed by atoms with van der Waals surface area (Å²) in [5.74, 6) is 0. The van der Waals surface area contributed by atoms with Crippen LogP contribution >= 0.6 is 0 Å². The molecule has 0 aromatic heterocycles. The van der Waals surface area contributed by atoms with Crippen LogP contribution in [0.15, 0.2) is 158 Å². The number of rotatable bonds is 6. The van der Waals surface area contributed by atoms with E-state index in [1.54, 1.807) is 0 Å². The van der Waals surface area contributed by atoms with Crippen LogP contribution in [0.3, 0.4) is 0 Å². The van der Waals surface area contributed by atoms with Crippen molar-refractivity contribution < 1.29 is 0 Å². The molecule has 7 rings (SSSR count). The third kappa shape index (κ3) is 7.31. The SMILES string of the molecule is CC(C)(C)c1cc(N(c2cc(C(C)(C)C)ccc2-c2ccccc2)c2ccccc2-c2cccc3cccc(-c4ccccc4)c23)cc(C(C)(C)C)c1. The quantitative estimate of drug-likeness (QED) is 0.168. The predicted octanol–water partition coefficient (Wildman–Crippen LogP) is 15.2. The molecule has 0 fully saturated rings. The van der Waals surface area contributed by atoms with Crippen LogP contribution in [0.2, 0.25) is 0 Å². The van der Waals surface area contributed by atoms with Gasteiger partial charge in [0.05, 0.1) is 11.4 Å². The Balaban J connectivity index is 1.62. The van der Waals surface area contributed by atoms with Crippen LogP contribution in [0.5, 0.6) is 0 Å². The summed E-state index contributed by atoms with van der Waals surface area (Å²) < 4.78 is 0. The lowest BCUT2D eigenvalue weighted by Gasteiger charge is -2.34. The summed E-state index contributed by atoms with van der Waals surface area (Å²) in [6.45, 7) is 20.9. The second kappa shape index (κ2) is 13.9. The lowest BCUT2D eigenvalue weighted by Crippen LogP contribution is -2.20. The number of para-hydroxylation sites is 1. The zero-order chi connectivity index (χ0) is 37.5. The lowest BCUT2D eigenvalue weighted by atomic mass is 9.80. The molecule has 1 nitrogen and oxygen atoms in total. The molecule has 53 heavy (non-hydrogen) atoms. The molecule has 0 radical (unpaired) electrons. The number of benzene rings is 7. The maximum absolute atomic E-state index is 2.56. The summed E-state index contributed by atoms with van der Waals surface area (Å²) in [6, 6.07) is 58.5. The Hall–Kier alpha value is -5.40. The molecule has 1 heteroatoms. The van der Waals surface area contributed by atoms with Crippen LogP contribution in [0.1, 0.15) is 79.0 Å². The molecule has 0 saturated heterocycles. The van der Waals surface area contributed by atoms with Gasteiger partial charge in [-0.3, -0.25) is 0 Å². The van der Waals surface area contributed by atoms with Crippen molar-refractivity contribution >= 4 is 27.8 Å². The molecule has 0 N–H and O–H groups in total. The van der Waals surface area contributed by atoms with Crippen LogP contribution in [0, 0.1) is 0 Å². The van der Waals surface area contributed by atoms with E-state index in [1.807, 2.05) is 0 Å². The zero-order valence-electron chi connectivity index (χ0n) is 33.0. The first-order valence-electron chi connectivity index (χ1n) is 19.0. The first kappa shape index (κ1) is 36.0. The fourth-order valence-corrected chi connectivity index (χ4v) is 7.38. The third-order valence-corrected chi connectivity index (χ3v) is 10.5. The standard InChI is InChI=1S/C52H53N/c1-50(2,3)39-30-31-43(36-20-12-10-13-21-36)48(35-39)53(42-33-40(51(4,5)6)32-41(34-42)52(7,8)9)47-29-17-16-26-45(47)46-28-19-25-38-24-18-27-44(49(38)46)37-22-14-11-15-23-37/h10-35H,1-9H3. The zero-order valence-corrected chi connectivity index (χ0v) is 33.0. The molecule has 266 valence electrons. The fourth-order valence-electron chi connectivity index (χ4n) is 7.38. The van der Waals surface area contributed by atoms with Crippen molar-refractivity contribution in [1.29, 1.82) is 0 Å². The normalized spacial score (nSPS) is 12.2. The highest BCUT2D eigenvalue weighted by Crippen LogP contribution is 2.49. The van der Waals surface area contributed by atoms with Gasteiger partial charge in [-0.2, -0.15) is 0 Å². The summed E-state index contributed by atoms with van der Waals surface area (Å²) in [7, 11) is 0. The van der Waals surface area contributed by atoms with E-state index in [4.69, 9.17) is 0 Å². The van der Waals surface area contributed by atoms with Crippen LogP contribution < -0.4 is 4.90 Å². The summed E-state index contributed by atoms with van der Waals surface area (Å²) in [6.07, 6.45) is 0. The maximum atomic E-state index is 2.56. The highest BCUT2D eigenvalue weighted by Gasteiger charge is 2.28. The highest BCUT2D eigenvalue weighted by molar-refractivity contribution is 6.09. The Morgan fingerprint density at radius 2 is 0.830 bits per heavy atom. The van der Waals surface area contributed by atoms with E-state index in [0.717, 1.165) is 5.69 Å². The summed E-state index contributed by atoms with van der Waals surface area (Å²) in [5.41, 5.74) is 14.6. The molecule has 0 amide bonds. The Morgan fingerprint density at radius 1 is 0.340 bits per heavy atom. The van der Waals surface area contributed by atoms with Gasteiger partial charge in [0.1, 0.15) is 0 Å². The topological polar surface area (TPSA) is 3.24 Å². The Morgan fingerprint density at radius 3 is 1.40 bits per heavy atom. The number of hydrogen-bond acceptors (Lipinski definition) is 1. The van der Waals surface area contributed by atoms with Crippen LogP contribution in [0.4, 0.5) is 17.1 Å². The van der Waals surface area contributed by atoms with E-state index in [1.165, 1.54) is 72.2 Å². The van der Waals surface area contributed by atoms with E-state index in [9.17, 15) is 0 Å². The van der Waals surface area contributed by atoms with Crippen molar-refractivity contribution in [3.8, 4) is 33.4 Å². The predicted molar refractivity (Wildman–Crippen MR) is 231 cm³/mol. The van der Waals surface area contributed by atoms with Crippen molar-refractivity contribution in [2.45, 2.75) is 78.6 Å². The first-order valence-corrected chi connectivity index (χ1v) is 19.0. The van der Waals surface area contributed by atoms with Crippen molar-refractivity contribution in [2.75, 3.05) is 4.90 Å². The molecule has 0 spiro atoms. The maximum Gasteiger partial charge on any atom is 0.0543 e. The number of anilines is 3. The summed E-state index contributed by atoms with van der Waals surface area (Å²) in [4.78, 5) is 2.56. The summed E-state index contributed by atoms with van der Waals surface area (Å²) >= 11 is 0. The molecule has 0 bridgehead atoms. The van der Waals surface area contributed by atoms with Gasteiger partial charge in [-0.15, -0.1) is 0 Å². The lowest BCUT2D eigenvalue weighted by molar-refractivity contribution is 0.569. The van der Waals surface area contributed by atoms with Gasteiger partial charge in [0.2, 0.25) is 0 Å². The van der Waals surface area contributed by atoms with Crippen molar-refractivity contribution in [2.24, 2.45) is 0 Å². The number of hydrogen-bond donors (Lipinski definition) is 0. The molecule has 7 aromatic rings. The van der Waals surface area contributed by atoms with Crippen molar-refractivity contribution in [3.05, 3.63) is 174 Å². The Kier molecular flexibility index (Phi) is 9.41. The second-order valence-electron chi connectivity index (χ2n) is 17.5. The Labute approximate surface area is 318 Å². The Bertz CT molecular complexity index is 2340. The first-order chi connectivity index (χ1) is 25.2. The van der Waals surface area contributed by atoms with E-state index in [-0.39, 0.29) is 16.2 Å². The largest absolute Gasteiger partial charge is 0.309 e. The van der Waals surface area contributed by atoms with Gasteiger partial charge in [-0.25, -0.2) is 0 Å². The van der Waals surface area contributed by atoms with Crippen molar-refractivity contribution in [1.82, 2.24) is 0 Å². The average Bonchev–Trinajstić information content (AvgIpc) is 3.14. The number of fused-ring (bicyclic) bond motifs is 1. The van der Waals surface area contributed by atoms with E-state index in [0.29, 0.717) is 0 Å². The number of nitrogens with zero attached hydrogens (tertiary/aromatic N) is 1. The third-order valence-electron chi connectivity index (χ3n) is 10.5. The molecule has 0 aliphatic heterocycles. The van der Waals surface area contributed by atoms with Gasteiger partial charge >= 0.3 is 0 Å². The minimum Gasteiger partial charge on any atom is -0.309 e. The molecular weight excluding hydrogens is 639 g/mol. The second-order valence-corrected chi connectivity index (χ2v) is 17.5. The molecule has 0 unspecified atom stereocenters. The van der Waals surface area contributed by atoms with Gasteiger partial charge in [0, 0.05) is 16.8 Å². The monoisotopic (exact) mass is 691 g/mol. The molecule has 0 aliphatic rings. The minimum atomic E-state index is -0.0447. The van der Waals surface area contributed by atoms with Crippen LogP contribution in [-0.4, -0.2) is 0 Å². The average molecular weight is 692 g/mol. The van der Waals surface area contributed by atoms with Gasteiger partial charge in [-0.05, 0) is 90.2 Å². The molecule has 0 aliphatic carbocycles. The van der Waals surface area contributed by atoms with E-state index < -0.39 is 0 Å². The van der Waals surface area contributed by atoms with Gasteiger partial charge in [-0.1, -0.05) is 196 Å². The van der Waals surface area contributed by atoms with E-state index in [2.05, 4.69) is 225 Å². The van der Waals surface area contributed by atoms with Gasteiger partial charge in [0.15, 0.2) is 0 Å². The molecule has 0 heterocycles. The smallest absolute Gasteiger partial charge is 0.0543 e. The minimum absolute atomic E-state index is 0.0425. The van der Waals surface area contributed by atoms with Crippen LogP contribution in [0.25, 0.3) is 44.2 Å². The molecule has 0 atom stereocenters. The molecule has 0 saturated carbocycles. The molecule has 7 aromatic carbocycles. The van der Waals surface area contributed by atoms with E-state index >= 15 is 0 Å². The van der Waals surface area contributed by atoms with Gasteiger partial charge < -0.3 is 4.90 Å². The van der Waals surface area contributed by atoms with Crippen LogP contribution in [-0.2, 0) is 16.2 Å².